The van der Waals surface area contributed by atoms with Crippen molar-refractivity contribution in [3.8, 4) is 5.75 Å². The molecule has 0 amide bonds. The van der Waals surface area contributed by atoms with E-state index in [0.29, 0.717) is 6.61 Å². The molecule has 0 aliphatic carbocycles. The molecule has 0 radical (unpaired) electrons. The highest BCUT2D eigenvalue weighted by atomic mass is 16.5. The smallest absolute Gasteiger partial charge is 0.134 e. The SMILES string of the molecule is CCNCCOc1ccc2oc(CC)cc2c1. The van der Waals surface area contributed by atoms with Gasteiger partial charge in [0.1, 0.15) is 23.7 Å². The Balaban J connectivity index is 2.03. The summed E-state index contributed by atoms with van der Waals surface area (Å²) in [5.74, 6) is 1.92. The molecule has 92 valence electrons. The standard InChI is InChI=1S/C14H19NO2/c1-3-12-9-11-10-13(5-6-14(11)17-12)16-8-7-15-4-2/h5-6,9-10,15H,3-4,7-8H2,1-2H3. The maximum atomic E-state index is 5.65. The molecule has 17 heavy (non-hydrogen) atoms. The number of hydrogen-bond acceptors (Lipinski definition) is 3. The summed E-state index contributed by atoms with van der Waals surface area (Å²) in [6.07, 6.45) is 0.922. The zero-order chi connectivity index (χ0) is 12.1. The van der Waals surface area contributed by atoms with Crippen LogP contribution in [0, 0.1) is 0 Å². The van der Waals surface area contributed by atoms with Crippen LogP contribution in [0.4, 0.5) is 0 Å². The minimum Gasteiger partial charge on any atom is -0.492 e. The third kappa shape index (κ3) is 3.01. The lowest BCUT2D eigenvalue weighted by Crippen LogP contribution is -2.20. The van der Waals surface area contributed by atoms with Crippen molar-refractivity contribution in [2.45, 2.75) is 20.3 Å². The summed E-state index contributed by atoms with van der Waals surface area (Å²) >= 11 is 0. The third-order valence-electron chi connectivity index (χ3n) is 2.68. The van der Waals surface area contributed by atoms with Gasteiger partial charge in [-0.05, 0) is 30.8 Å². The Morgan fingerprint density at radius 2 is 2.12 bits per heavy atom. The molecule has 0 bridgehead atoms. The summed E-state index contributed by atoms with van der Waals surface area (Å²) in [6.45, 7) is 6.72. The van der Waals surface area contributed by atoms with E-state index in [1.54, 1.807) is 0 Å². The summed E-state index contributed by atoms with van der Waals surface area (Å²) in [4.78, 5) is 0. The van der Waals surface area contributed by atoms with E-state index in [-0.39, 0.29) is 0 Å². The molecule has 0 spiro atoms. The molecule has 1 aromatic heterocycles. The minimum absolute atomic E-state index is 0.692. The molecular weight excluding hydrogens is 214 g/mol. The van der Waals surface area contributed by atoms with Gasteiger partial charge in [-0.1, -0.05) is 13.8 Å². The van der Waals surface area contributed by atoms with Gasteiger partial charge in [-0.3, -0.25) is 0 Å². The fourth-order valence-electron chi connectivity index (χ4n) is 1.76. The first kappa shape index (κ1) is 12.0. The average molecular weight is 233 g/mol. The number of furan rings is 1. The van der Waals surface area contributed by atoms with Gasteiger partial charge >= 0.3 is 0 Å². The first-order chi connectivity index (χ1) is 8.33. The van der Waals surface area contributed by atoms with E-state index < -0.39 is 0 Å². The molecule has 1 aromatic carbocycles. The van der Waals surface area contributed by atoms with Gasteiger partial charge in [0.15, 0.2) is 0 Å². The molecule has 0 atom stereocenters. The fraction of sp³-hybridized carbons (Fsp3) is 0.429. The molecule has 1 heterocycles. The van der Waals surface area contributed by atoms with Crippen LogP contribution in [0.15, 0.2) is 28.7 Å². The van der Waals surface area contributed by atoms with Crippen LogP contribution >= 0.6 is 0 Å². The first-order valence-electron chi connectivity index (χ1n) is 6.19. The van der Waals surface area contributed by atoms with Crippen LogP contribution in [0.25, 0.3) is 11.0 Å². The molecule has 3 nitrogen and oxygen atoms in total. The third-order valence-corrected chi connectivity index (χ3v) is 2.68. The number of aryl methyl sites for hydroxylation is 1. The number of rotatable bonds is 6. The predicted octanol–water partition coefficient (Wildman–Crippen LogP) is 2.98. The summed E-state index contributed by atoms with van der Waals surface area (Å²) < 4.78 is 11.3. The first-order valence-corrected chi connectivity index (χ1v) is 6.19. The van der Waals surface area contributed by atoms with E-state index in [4.69, 9.17) is 9.15 Å². The Bertz CT molecular complexity index is 476. The van der Waals surface area contributed by atoms with Crippen molar-refractivity contribution in [2.24, 2.45) is 0 Å². The molecule has 0 saturated carbocycles. The topological polar surface area (TPSA) is 34.4 Å². The molecular formula is C14H19NO2. The number of ether oxygens (including phenoxy) is 1. The minimum atomic E-state index is 0.692. The lowest BCUT2D eigenvalue weighted by molar-refractivity contribution is 0.316. The molecule has 0 fully saturated rings. The van der Waals surface area contributed by atoms with Crippen LogP contribution in [0.1, 0.15) is 19.6 Å². The van der Waals surface area contributed by atoms with Crippen LogP contribution in [-0.2, 0) is 6.42 Å². The van der Waals surface area contributed by atoms with Crippen molar-refractivity contribution in [3.63, 3.8) is 0 Å². The van der Waals surface area contributed by atoms with Crippen molar-refractivity contribution in [3.05, 3.63) is 30.0 Å². The highest BCUT2D eigenvalue weighted by Crippen LogP contribution is 2.24. The maximum absolute atomic E-state index is 5.65. The zero-order valence-corrected chi connectivity index (χ0v) is 10.5. The zero-order valence-electron chi connectivity index (χ0n) is 10.5. The number of hydrogen-bond donors (Lipinski definition) is 1. The Kier molecular flexibility index (Phi) is 4.04. The van der Waals surface area contributed by atoms with Gasteiger partial charge in [-0.15, -0.1) is 0 Å². The van der Waals surface area contributed by atoms with E-state index in [1.807, 2.05) is 18.2 Å². The molecule has 1 N–H and O–H groups in total. The molecule has 2 rings (SSSR count). The van der Waals surface area contributed by atoms with Crippen LogP contribution in [0.5, 0.6) is 5.75 Å². The fourth-order valence-corrected chi connectivity index (χ4v) is 1.76. The van der Waals surface area contributed by atoms with E-state index in [9.17, 15) is 0 Å². The van der Waals surface area contributed by atoms with Gasteiger partial charge < -0.3 is 14.5 Å². The number of nitrogens with one attached hydrogen (secondary N) is 1. The van der Waals surface area contributed by atoms with Gasteiger partial charge in [-0.2, -0.15) is 0 Å². The van der Waals surface area contributed by atoms with Gasteiger partial charge in [0.05, 0.1) is 0 Å². The number of fused-ring (bicyclic) bond motifs is 1. The summed E-state index contributed by atoms with van der Waals surface area (Å²) in [7, 11) is 0. The van der Waals surface area contributed by atoms with Crippen LogP contribution in [-0.4, -0.2) is 19.7 Å². The monoisotopic (exact) mass is 233 g/mol. The molecule has 3 heteroatoms. The van der Waals surface area contributed by atoms with Crippen LogP contribution in [0.2, 0.25) is 0 Å². The van der Waals surface area contributed by atoms with Crippen molar-refractivity contribution in [1.82, 2.24) is 5.32 Å². The Labute approximate surface area is 102 Å². The largest absolute Gasteiger partial charge is 0.492 e. The van der Waals surface area contributed by atoms with E-state index in [0.717, 1.165) is 42.0 Å². The van der Waals surface area contributed by atoms with Gasteiger partial charge in [0.25, 0.3) is 0 Å². The van der Waals surface area contributed by atoms with Crippen LogP contribution in [0.3, 0.4) is 0 Å². The van der Waals surface area contributed by atoms with Crippen LogP contribution < -0.4 is 10.1 Å². The van der Waals surface area contributed by atoms with Crippen molar-refractivity contribution in [1.29, 1.82) is 0 Å². The molecule has 0 aliphatic heterocycles. The number of benzene rings is 1. The second-order valence-electron chi connectivity index (χ2n) is 3.97. The van der Waals surface area contributed by atoms with Crippen molar-refractivity contribution >= 4 is 11.0 Å². The average Bonchev–Trinajstić information content (AvgIpc) is 2.77. The normalized spacial score (nSPS) is 10.9. The summed E-state index contributed by atoms with van der Waals surface area (Å²) in [6, 6.07) is 8.03. The van der Waals surface area contributed by atoms with Gasteiger partial charge in [0, 0.05) is 18.4 Å². The molecule has 2 aromatic rings. The van der Waals surface area contributed by atoms with E-state index in [1.165, 1.54) is 0 Å². The predicted molar refractivity (Wildman–Crippen MR) is 69.6 cm³/mol. The van der Waals surface area contributed by atoms with Crippen molar-refractivity contribution in [2.75, 3.05) is 19.7 Å². The second-order valence-corrected chi connectivity index (χ2v) is 3.97. The lowest BCUT2D eigenvalue weighted by Gasteiger charge is -2.05. The molecule has 0 unspecified atom stereocenters. The number of likely N-dealkylation sites (N-methyl/N-ethyl adjacent to an activating group) is 1. The maximum Gasteiger partial charge on any atom is 0.134 e. The lowest BCUT2D eigenvalue weighted by atomic mass is 10.2. The van der Waals surface area contributed by atoms with Crippen molar-refractivity contribution < 1.29 is 9.15 Å². The molecule has 0 saturated heterocycles. The quantitative estimate of drug-likeness (QED) is 0.779. The Morgan fingerprint density at radius 3 is 2.88 bits per heavy atom. The van der Waals surface area contributed by atoms with E-state index >= 15 is 0 Å². The van der Waals surface area contributed by atoms with Gasteiger partial charge in [0.2, 0.25) is 0 Å². The highest BCUT2D eigenvalue weighted by Gasteiger charge is 2.03. The Morgan fingerprint density at radius 1 is 1.24 bits per heavy atom. The summed E-state index contributed by atoms with van der Waals surface area (Å²) in [5.41, 5.74) is 0.931. The van der Waals surface area contributed by atoms with E-state index in [2.05, 4.69) is 25.2 Å². The highest BCUT2D eigenvalue weighted by molar-refractivity contribution is 5.79. The van der Waals surface area contributed by atoms with Gasteiger partial charge in [-0.25, -0.2) is 0 Å². The molecule has 0 aliphatic rings. The Hall–Kier alpha value is -1.48. The second kappa shape index (κ2) is 5.73. The summed E-state index contributed by atoms with van der Waals surface area (Å²) in [5, 5.41) is 4.34.